The summed E-state index contributed by atoms with van der Waals surface area (Å²) in [6, 6.07) is -3.41. The lowest BCUT2D eigenvalue weighted by atomic mass is 10.0. The summed E-state index contributed by atoms with van der Waals surface area (Å²) in [5.41, 5.74) is 0. The van der Waals surface area contributed by atoms with Crippen LogP contribution in [0.25, 0.3) is 0 Å². The summed E-state index contributed by atoms with van der Waals surface area (Å²) in [7, 11) is 0. The maximum absolute atomic E-state index is 11.6. The predicted molar refractivity (Wildman–Crippen MR) is 89.7 cm³/mol. The number of rotatable bonds is 12. The molecule has 0 radical (unpaired) electrons. The quantitative estimate of drug-likeness (QED) is 0.285. The van der Waals surface area contributed by atoms with Gasteiger partial charge in [0.15, 0.2) is 18.1 Å². The molecule has 0 aromatic heterocycles. The maximum atomic E-state index is 11.6. The van der Waals surface area contributed by atoms with E-state index in [1.165, 1.54) is 20.8 Å². The van der Waals surface area contributed by atoms with E-state index in [2.05, 4.69) is 6.92 Å². The third kappa shape index (κ3) is 5.33. The van der Waals surface area contributed by atoms with E-state index < -0.39 is 40.5 Å². The Morgan fingerprint density at radius 1 is 0.833 bits per heavy atom. The zero-order chi connectivity index (χ0) is 18.9. The van der Waals surface area contributed by atoms with Crippen molar-refractivity contribution in [1.29, 1.82) is 0 Å². The predicted octanol–water partition coefficient (Wildman–Crippen LogP) is 2.36. The lowest BCUT2D eigenvalue weighted by Gasteiger charge is -2.47. The first kappa shape index (κ1) is 22.1. The molecule has 138 valence electrons. The van der Waals surface area contributed by atoms with E-state index in [1.807, 2.05) is 12.2 Å². The van der Waals surface area contributed by atoms with E-state index in [1.54, 1.807) is 0 Å². The summed E-state index contributed by atoms with van der Waals surface area (Å²) in [4.78, 5) is 34.7. The van der Waals surface area contributed by atoms with E-state index in [9.17, 15) is 29.7 Å². The van der Waals surface area contributed by atoms with Crippen LogP contribution in [0.4, 0.5) is 0 Å². The zero-order valence-electron chi connectivity index (χ0n) is 14.9. The van der Waals surface area contributed by atoms with Crippen molar-refractivity contribution in [3.8, 4) is 0 Å². The molecule has 7 nitrogen and oxygen atoms in total. The van der Waals surface area contributed by atoms with Gasteiger partial charge in [-0.15, -0.1) is 0 Å². The molecule has 0 aliphatic heterocycles. The molecular formula is C17H30NO6+. The molecule has 24 heavy (non-hydrogen) atoms. The van der Waals surface area contributed by atoms with Gasteiger partial charge < -0.3 is 15.3 Å². The number of hydrogen-bond donors (Lipinski definition) is 3. The van der Waals surface area contributed by atoms with Crippen LogP contribution >= 0.6 is 0 Å². The van der Waals surface area contributed by atoms with Gasteiger partial charge in [0.05, 0.1) is 6.54 Å². The Kier molecular flexibility index (Phi) is 9.28. The number of nitrogens with zero attached hydrogens (tertiary/aromatic N) is 1. The van der Waals surface area contributed by atoms with E-state index >= 15 is 0 Å². The third-order valence-electron chi connectivity index (χ3n) is 4.77. The van der Waals surface area contributed by atoms with Gasteiger partial charge in [0, 0.05) is 6.42 Å². The summed E-state index contributed by atoms with van der Waals surface area (Å²) >= 11 is 0. The highest BCUT2D eigenvalue weighted by Crippen LogP contribution is 2.27. The van der Waals surface area contributed by atoms with Gasteiger partial charge in [-0.1, -0.05) is 25.5 Å². The molecule has 0 fully saturated rings. The van der Waals surface area contributed by atoms with E-state index in [0.29, 0.717) is 12.8 Å². The summed E-state index contributed by atoms with van der Waals surface area (Å²) < 4.78 is -0.512. The summed E-state index contributed by atoms with van der Waals surface area (Å²) in [5.74, 6) is -3.59. The number of allylic oxidation sites excluding steroid dienone is 2. The van der Waals surface area contributed by atoms with Gasteiger partial charge in [-0.05, 0) is 33.6 Å². The minimum absolute atomic E-state index is 0.171. The molecule has 0 aromatic rings. The van der Waals surface area contributed by atoms with Crippen molar-refractivity contribution in [1.82, 2.24) is 0 Å². The third-order valence-corrected chi connectivity index (χ3v) is 4.77. The Morgan fingerprint density at radius 3 is 1.54 bits per heavy atom. The molecule has 0 bridgehead atoms. The van der Waals surface area contributed by atoms with Crippen LogP contribution in [0, 0.1) is 0 Å². The van der Waals surface area contributed by atoms with Gasteiger partial charge in [0.2, 0.25) is 0 Å². The molecule has 0 amide bonds. The Labute approximate surface area is 143 Å². The van der Waals surface area contributed by atoms with Crippen molar-refractivity contribution in [2.45, 2.75) is 71.5 Å². The smallest absolute Gasteiger partial charge is 0.362 e. The van der Waals surface area contributed by atoms with E-state index in [4.69, 9.17) is 0 Å². The highest BCUT2D eigenvalue weighted by molar-refractivity contribution is 5.77. The molecule has 0 aromatic carbocycles. The van der Waals surface area contributed by atoms with Crippen molar-refractivity contribution in [2.75, 3.05) is 6.54 Å². The molecule has 3 unspecified atom stereocenters. The van der Waals surface area contributed by atoms with Gasteiger partial charge in [-0.25, -0.2) is 14.4 Å². The monoisotopic (exact) mass is 344 g/mol. The van der Waals surface area contributed by atoms with Crippen LogP contribution in [0.3, 0.4) is 0 Å². The summed E-state index contributed by atoms with van der Waals surface area (Å²) in [6.07, 6.45) is 7.15. The fraction of sp³-hybridized carbons (Fsp3) is 0.706. The molecule has 0 aliphatic rings. The van der Waals surface area contributed by atoms with Gasteiger partial charge in [-0.2, -0.15) is 0 Å². The fourth-order valence-corrected chi connectivity index (χ4v) is 3.09. The van der Waals surface area contributed by atoms with Gasteiger partial charge in [0.1, 0.15) is 0 Å². The standard InChI is InChI=1S/C17H29NO6/c1-5-6-7-8-9-10-11-18(12(2)15(19)20,13(3)16(21)22)14(4)17(23)24/h7-8,12-14H,5-6,9-11H2,1-4H3,(H2-,19,20,21,22,23,24)/p+1/b8-7+. The second kappa shape index (κ2) is 10.1. The second-order valence-corrected chi connectivity index (χ2v) is 6.16. The van der Waals surface area contributed by atoms with E-state index in [-0.39, 0.29) is 6.54 Å². The highest BCUT2D eigenvalue weighted by atomic mass is 16.4. The molecule has 0 saturated heterocycles. The van der Waals surface area contributed by atoms with Crippen molar-refractivity contribution < 1.29 is 34.2 Å². The number of aliphatic carboxylic acids is 3. The van der Waals surface area contributed by atoms with Crippen molar-refractivity contribution in [2.24, 2.45) is 0 Å². The van der Waals surface area contributed by atoms with Crippen molar-refractivity contribution in [3.05, 3.63) is 12.2 Å². The molecule has 7 heteroatoms. The average Bonchev–Trinajstić information content (AvgIpc) is 2.52. The zero-order valence-corrected chi connectivity index (χ0v) is 14.9. The first-order valence-corrected chi connectivity index (χ1v) is 8.33. The van der Waals surface area contributed by atoms with Crippen molar-refractivity contribution in [3.63, 3.8) is 0 Å². The fourth-order valence-electron chi connectivity index (χ4n) is 3.09. The molecule has 0 saturated carbocycles. The lowest BCUT2D eigenvalue weighted by molar-refractivity contribution is -0.968. The molecule has 0 aliphatic carbocycles. The Bertz CT molecular complexity index is 423. The van der Waals surface area contributed by atoms with Crippen LogP contribution < -0.4 is 0 Å². The Morgan fingerprint density at radius 2 is 1.21 bits per heavy atom. The number of hydrogen-bond acceptors (Lipinski definition) is 3. The summed E-state index contributed by atoms with van der Waals surface area (Å²) in [6.45, 7) is 6.38. The van der Waals surface area contributed by atoms with Crippen LogP contribution in [0.5, 0.6) is 0 Å². The highest BCUT2D eigenvalue weighted by Gasteiger charge is 2.52. The van der Waals surface area contributed by atoms with Crippen LogP contribution in [0.2, 0.25) is 0 Å². The molecule has 0 heterocycles. The molecule has 3 atom stereocenters. The topological polar surface area (TPSA) is 112 Å². The average molecular weight is 344 g/mol. The van der Waals surface area contributed by atoms with E-state index in [0.717, 1.165) is 12.8 Å². The molecule has 3 N–H and O–H groups in total. The minimum atomic E-state index is -1.20. The summed E-state index contributed by atoms with van der Waals surface area (Å²) in [5, 5.41) is 28.3. The number of carboxylic acid groups (broad SMARTS) is 3. The number of unbranched alkanes of at least 4 members (excludes halogenated alkanes) is 2. The van der Waals surface area contributed by atoms with Crippen LogP contribution in [0.1, 0.15) is 53.4 Å². The van der Waals surface area contributed by atoms with Crippen LogP contribution in [0.15, 0.2) is 12.2 Å². The second-order valence-electron chi connectivity index (χ2n) is 6.16. The van der Waals surface area contributed by atoms with Crippen LogP contribution in [-0.2, 0) is 14.4 Å². The first-order valence-electron chi connectivity index (χ1n) is 8.33. The van der Waals surface area contributed by atoms with Crippen LogP contribution in [-0.4, -0.2) is 62.4 Å². The van der Waals surface area contributed by atoms with Gasteiger partial charge in [0.25, 0.3) is 0 Å². The first-order chi connectivity index (χ1) is 11.1. The number of quaternary nitrogens is 1. The van der Waals surface area contributed by atoms with Crippen molar-refractivity contribution >= 4 is 17.9 Å². The number of carboxylic acids is 3. The maximum Gasteiger partial charge on any atom is 0.362 e. The minimum Gasteiger partial charge on any atom is -0.477 e. The Balaban J connectivity index is 5.61. The van der Waals surface area contributed by atoms with Gasteiger partial charge in [-0.3, -0.25) is 4.48 Å². The SMILES string of the molecule is CCC/C=C/CCC[N+](C(C)C(=O)O)(C(C)C(=O)O)C(C)C(=O)O. The Hall–Kier alpha value is -1.89. The molecule has 0 rings (SSSR count). The van der Waals surface area contributed by atoms with Gasteiger partial charge >= 0.3 is 17.9 Å². The molecular weight excluding hydrogens is 314 g/mol. The normalized spacial score (nSPS) is 17.8. The lowest BCUT2D eigenvalue weighted by Crippen LogP contribution is -2.70. The molecule has 0 spiro atoms. The largest absolute Gasteiger partial charge is 0.477 e. The number of carbonyl (C=O) groups is 3.